The van der Waals surface area contributed by atoms with E-state index in [-0.39, 0.29) is 23.5 Å². The van der Waals surface area contributed by atoms with Gasteiger partial charge in [0.05, 0.1) is 11.0 Å². The van der Waals surface area contributed by atoms with Gasteiger partial charge < -0.3 is 19.7 Å². The smallest absolute Gasteiger partial charge is 0.307 e. The van der Waals surface area contributed by atoms with Crippen molar-refractivity contribution in [1.29, 1.82) is 0 Å². The summed E-state index contributed by atoms with van der Waals surface area (Å²) in [5, 5.41) is 19.9. The second-order valence-electron chi connectivity index (χ2n) is 6.01. The second kappa shape index (κ2) is 8.35. The molecule has 2 atom stereocenters. The Balaban J connectivity index is 1.53. The Morgan fingerprint density at radius 3 is 2.69 bits per heavy atom. The number of H-pyrrole nitrogens is 1. The van der Waals surface area contributed by atoms with E-state index in [0.29, 0.717) is 17.0 Å². The van der Waals surface area contributed by atoms with Crippen molar-refractivity contribution >= 4 is 11.3 Å². The van der Waals surface area contributed by atoms with Gasteiger partial charge in [-0.05, 0) is 29.7 Å². The molecule has 6 nitrogen and oxygen atoms in total. The van der Waals surface area contributed by atoms with Gasteiger partial charge in [0.25, 0.3) is 0 Å². The molecule has 138 valence electrons. The molecule has 0 aliphatic heterocycles. The number of rotatable bonds is 7. The van der Waals surface area contributed by atoms with E-state index in [1.807, 2.05) is 30.4 Å². The zero-order valence-corrected chi connectivity index (χ0v) is 15.2. The number of methoxy groups -OCH3 is 1. The molecule has 0 amide bonds. The van der Waals surface area contributed by atoms with E-state index in [9.17, 15) is 15.0 Å². The standard InChI is InChI=1S/C19H21NO5S/c1-24-14-8-4-13(5-9-14)16(21)11-25-15-6-2-12(3-7-15)10-17-18(22)20-19(23)26-17/h2-8,14,16,21-22H,9-11H2,1H3,(H,20,23). The predicted octanol–water partition coefficient (Wildman–Crippen LogP) is 2.37. The van der Waals surface area contributed by atoms with Crippen LogP contribution >= 0.6 is 11.3 Å². The third-order valence-corrected chi connectivity index (χ3v) is 5.04. The molecule has 0 spiro atoms. The van der Waals surface area contributed by atoms with Crippen LogP contribution in [0.4, 0.5) is 0 Å². The second-order valence-corrected chi connectivity index (χ2v) is 7.07. The van der Waals surface area contributed by atoms with Crippen LogP contribution in [0.5, 0.6) is 11.6 Å². The van der Waals surface area contributed by atoms with Crippen molar-refractivity contribution in [2.75, 3.05) is 13.7 Å². The molecule has 1 aliphatic carbocycles. The Morgan fingerprint density at radius 1 is 1.35 bits per heavy atom. The molecule has 1 aromatic heterocycles. The maximum absolute atomic E-state index is 11.2. The van der Waals surface area contributed by atoms with Gasteiger partial charge in [-0.3, -0.25) is 9.78 Å². The van der Waals surface area contributed by atoms with E-state index in [0.717, 1.165) is 28.9 Å². The number of aromatic amines is 1. The SMILES string of the molecule is COC1C=CC(C(O)COc2ccc(Cc3sc(=O)[nH]c3O)cc2)=CC1. The lowest BCUT2D eigenvalue weighted by Crippen LogP contribution is -2.21. The van der Waals surface area contributed by atoms with Gasteiger partial charge in [0.15, 0.2) is 0 Å². The summed E-state index contributed by atoms with van der Waals surface area (Å²) in [6.07, 6.45) is 6.33. The molecule has 0 bridgehead atoms. The minimum Gasteiger partial charge on any atom is -0.494 e. The summed E-state index contributed by atoms with van der Waals surface area (Å²) in [6.45, 7) is 0.160. The lowest BCUT2D eigenvalue weighted by atomic mass is 10.0. The summed E-state index contributed by atoms with van der Waals surface area (Å²) < 4.78 is 10.9. The van der Waals surface area contributed by atoms with E-state index < -0.39 is 6.10 Å². The maximum atomic E-state index is 11.2. The van der Waals surface area contributed by atoms with E-state index in [1.165, 1.54) is 0 Å². The Kier molecular flexibility index (Phi) is 5.92. The summed E-state index contributed by atoms with van der Waals surface area (Å²) in [5.74, 6) is 0.572. The van der Waals surface area contributed by atoms with Crippen LogP contribution in [-0.2, 0) is 11.2 Å². The highest BCUT2D eigenvalue weighted by Crippen LogP contribution is 2.22. The molecule has 0 saturated carbocycles. The summed E-state index contributed by atoms with van der Waals surface area (Å²) in [5.41, 5.74) is 1.78. The number of hydrogen-bond donors (Lipinski definition) is 3. The normalized spacial score (nSPS) is 17.8. The number of ether oxygens (including phenoxy) is 2. The van der Waals surface area contributed by atoms with Crippen LogP contribution in [0.2, 0.25) is 0 Å². The fourth-order valence-electron chi connectivity index (χ4n) is 2.67. The number of hydrogen-bond acceptors (Lipinski definition) is 6. The summed E-state index contributed by atoms with van der Waals surface area (Å²) >= 11 is 0.998. The van der Waals surface area contributed by atoms with Crippen molar-refractivity contribution in [1.82, 2.24) is 4.98 Å². The van der Waals surface area contributed by atoms with Gasteiger partial charge in [0.2, 0.25) is 5.88 Å². The molecule has 7 heteroatoms. The summed E-state index contributed by atoms with van der Waals surface area (Å²) in [6, 6.07) is 7.35. The first kappa shape index (κ1) is 18.4. The number of aliphatic hydroxyl groups excluding tert-OH is 1. The zero-order chi connectivity index (χ0) is 18.5. The van der Waals surface area contributed by atoms with Gasteiger partial charge in [-0.1, -0.05) is 41.7 Å². The van der Waals surface area contributed by atoms with Crippen molar-refractivity contribution in [2.45, 2.75) is 25.0 Å². The average molecular weight is 375 g/mol. The van der Waals surface area contributed by atoms with Crippen molar-refractivity contribution in [3.63, 3.8) is 0 Å². The van der Waals surface area contributed by atoms with Gasteiger partial charge in [0, 0.05) is 13.5 Å². The zero-order valence-electron chi connectivity index (χ0n) is 14.3. The molecule has 0 fully saturated rings. The van der Waals surface area contributed by atoms with Gasteiger partial charge >= 0.3 is 4.87 Å². The van der Waals surface area contributed by atoms with Gasteiger partial charge in [-0.25, -0.2) is 0 Å². The highest BCUT2D eigenvalue weighted by Gasteiger charge is 2.14. The van der Waals surface area contributed by atoms with Crippen LogP contribution in [0.3, 0.4) is 0 Å². The molecule has 0 saturated heterocycles. The largest absolute Gasteiger partial charge is 0.494 e. The third kappa shape index (κ3) is 4.63. The van der Waals surface area contributed by atoms with Crippen molar-refractivity contribution in [2.24, 2.45) is 0 Å². The average Bonchev–Trinajstić information content (AvgIpc) is 2.98. The van der Waals surface area contributed by atoms with Crippen LogP contribution in [0.15, 0.2) is 52.9 Å². The molecule has 0 radical (unpaired) electrons. The maximum Gasteiger partial charge on any atom is 0.307 e. The molecule has 2 aromatic rings. The lowest BCUT2D eigenvalue weighted by Gasteiger charge is -2.19. The predicted molar refractivity (Wildman–Crippen MR) is 100.0 cm³/mol. The molecule has 1 aliphatic rings. The number of thiazole rings is 1. The number of nitrogens with one attached hydrogen (secondary N) is 1. The van der Waals surface area contributed by atoms with E-state index in [4.69, 9.17) is 9.47 Å². The number of aliphatic hydroxyl groups is 1. The first-order valence-corrected chi connectivity index (χ1v) is 9.08. The minimum atomic E-state index is -0.696. The molecule has 1 heterocycles. The van der Waals surface area contributed by atoms with Crippen molar-refractivity contribution in [3.05, 3.63) is 68.2 Å². The quantitative estimate of drug-likeness (QED) is 0.691. The van der Waals surface area contributed by atoms with Crippen LogP contribution < -0.4 is 9.61 Å². The van der Waals surface area contributed by atoms with Gasteiger partial charge in [-0.2, -0.15) is 0 Å². The van der Waals surface area contributed by atoms with E-state index >= 15 is 0 Å². The highest BCUT2D eigenvalue weighted by atomic mass is 32.1. The van der Waals surface area contributed by atoms with Gasteiger partial charge in [0.1, 0.15) is 18.5 Å². The third-order valence-electron chi connectivity index (χ3n) is 4.17. The Labute approximate surface area is 155 Å². The number of aromatic nitrogens is 1. The fraction of sp³-hybridized carbons (Fsp3) is 0.316. The van der Waals surface area contributed by atoms with Crippen molar-refractivity contribution < 1.29 is 19.7 Å². The van der Waals surface area contributed by atoms with Crippen LogP contribution in [0.25, 0.3) is 0 Å². The lowest BCUT2D eigenvalue weighted by molar-refractivity contribution is 0.129. The minimum absolute atomic E-state index is 0.0671. The molecule has 3 rings (SSSR count). The summed E-state index contributed by atoms with van der Waals surface area (Å²) in [4.78, 5) is 13.9. The molecule has 26 heavy (non-hydrogen) atoms. The molecule has 1 aromatic carbocycles. The fourth-order valence-corrected chi connectivity index (χ4v) is 3.43. The number of aromatic hydroxyl groups is 1. The molecule has 2 unspecified atom stereocenters. The topological polar surface area (TPSA) is 91.8 Å². The first-order valence-electron chi connectivity index (χ1n) is 8.27. The molecular weight excluding hydrogens is 354 g/mol. The highest BCUT2D eigenvalue weighted by molar-refractivity contribution is 7.09. The van der Waals surface area contributed by atoms with E-state index in [1.54, 1.807) is 19.2 Å². The Morgan fingerprint density at radius 2 is 2.12 bits per heavy atom. The molecular formula is C19H21NO5S. The Bertz CT molecular complexity index is 850. The van der Waals surface area contributed by atoms with Crippen LogP contribution in [-0.4, -0.2) is 41.1 Å². The van der Waals surface area contributed by atoms with Crippen LogP contribution in [0, 0.1) is 0 Å². The van der Waals surface area contributed by atoms with Crippen molar-refractivity contribution in [3.8, 4) is 11.6 Å². The monoisotopic (exact) mass is 375 g/mol. The van der Waals surface area contributed by atoms with Crippen LogP contribution in [0.1, 0.15) is 16.9 Å². The Hall–Kier alpha value is -2.35. The first-order chi connectivity index (χ1) is 12.5. The van der Waals surface area contributed by atoms with Gasteiger partial charge in [-0.15, -0.1) is 0 Å². The molecule has 3 N–H and O–H groups in total. The summed E-state index contributed by atoms with van der Waals surface area (Å²) in [7, 11) is 1.66. The number of benzene rings is 1. The van der Waals surface area contributed by atoms with E-state index in [2.05, 4.69) is 4.98 Å².